The first-order valence-corrected chi connectivity index (χ1v) is 6.63. The van der Waals surface area contributed by atoms with Gasteiger partial charge in [0.25, 0.3) is 0 Å². The lowest BCUT2D eigenvalue weighted by Crippen LogP contribution is -2.30. The van der Waals surface area contributed by atoms with E-state index < -0.39 is 0 Å². The molecule has 2 heterocycles. The number of anilines is 1. The van der Waals surface area contributed by atoms with Crippen molar-refractivity contribution in [2.45, 2.75) is 6.42 Å². The molecule has 0 aliphatic heterocycles. The maximum Gasteiger partial charge on any atom is 0.241 e. The zero-order chi connectivity index (χ0) is 15.1. The predicted molar refractivity (Wildman–Crippen MR) is 76.3 cm³/mol. The number of nitriles is 1. The van der Waals surface area contributed by atoms with Crippen LogP contribution in [0, 0.1) is 11.3 Å². The van der Waals surface area contributed by atoms with Crippen LogP contribution in [-0.4, -0.2) is 51.3 Å². The molecule has 0 N–H and O–H groups in total. The smallest absolute Gasteiger partial charge is 0.241 e. The zero-order valence-corrected chi connectivity index (χ0v) is 12.2. The van der Waals surface area contributed by atoms with Gasteiger partial charge in [0, 0.05) is 32.6 Å². The molecular weight excluding hydrogens is 294 g/mol. The third-order valence-corrected chi connectivity index (χ3v) is 2.83. The molecule has 0 unspecified atom stereocenters. The molecule has 0 saturated carbocycles. The molecule has 0 bridgehead atoms. The van der Waals surface area contributed by atoms with Gasteiger partial charge >= 0.3 is 0 Å². The van der Waals surface area contributed by atoms with Crippen LogP contribution < -0.4 is 4.90 Å². The lowest BCUT2D eigenvalue weighted by atomic mass is 10.4. The highest BCUT2D eigenvalue weighted by Crippen LogP contribution is 2.13. The molecule has 0 atom stereocenters. The van der Waals surface area contributed by atoms with Crippen molar-refractivity contribution >= 4 is 17.5 Å². The molecule has 0 aliphatic carbocycles. The number of methoxy groups -OCH3 is 1. The molecule has 110 valence electrons. The van der Waals surface area contributed by atoms with Gasteiger partial charge in [-0.1, -0.05) is 0 Å². The minimum Gasteiger partial charge on any atom is -0.383 e. The summed E-state index contributed by atoms with van der Waals surface area (Å²) in [6, 6.07) is 2.10. The van der Waals surface area contributed by atoms with E-state index in [2.05, 4.69) is 26.0 Å². The fourth-order valence-corrected chi connectivity index (χ4v) is 1.81. The van der Waals surface area contributed by atoms with E-state index in [-0.39, 0.29) is 5.28 Å². The van der Waals surface area contributed by atoms with Crippen LogP contribution in [0.1, 0.15) is 6.42 Å². The summed E-state index contributed by atoms with van der Waals surface area (Å²) in [7, 11) is 1.61. The van der Waals surface area contributed by atoms with Crippen LogP contribution in [-0.2, 0) is 4.74 Å². The highest BCUT2D eigenvalue weighted by Gasteiger charge is 2.13. The Bertz CT molecular complexity index is 611. The Kier molecular flexibility index (Phi) is 5.43. The number of aromatic nitrogens is 5. The van der Waals surface area contributed by atoms with E-state index in [1.54, 1.807) is 30.4 Å². The average molecular weight is 308 g/mol. The van der Waals surface area contributed by atoms with Gasteiger partial charge in [0.1, 0.15) is 6.33 Å². The van der Waals surface area contributed by atoms with Crippen LogP contribution in [0.4, 0.5) is 5.95 Å². The fraction of sp³-hybridized carbons (Fsp3) is 0.417. The molecule has 2 aromatic heterocycles. The normalized spacial score (nSPS) is 10.3. The molecule has 8 nitrogen and oxygen atoms in total. The van der Waals surface area contributed by atoms with Crippen LogP contribution in [0.25, 0.3) is 5.95 Å². The van der Waals surface area contributed by atoms with Crippen molar-refractivity contribution in [3.05, 3.63) is 24.0 Å². The molecule has 2 aromatic rings. The van der Waals surface area contributed by atoms with Crippen molar-refractivity contribution in [2.75, 3.05) is 31.7 Å². The molecule has 0 radical (unpaired) electrons. The van der Waals surface area contributed by atoms with Crippen molar-refractivity contribution in [3.63, 3.8) is 0 Å². The van der Waals surface area contributed by atoms with Crippen LogP contribution in [0.15, 0.2) is 18.7 Å². The van der Waals surface area contributed by atoms with Crippen LogP contribution in [0.5, 0.6) is 0 Å². The minimum absolute atomic E-state index is 0.0862. The first-order chi connectivity index (χ1) is 10.2. The molecule has 0 spiro atoms. The van der Waals surface area contributed by atoms with Gasteiger partial charge in [-0.2, -0.15) is 20.2 Å². The number of nitrogens with zero attached hydrogens (tertiary/aromatic N) is 7. The summed E-state index contributed by atoms with van der Waals surface area (Å²) in [6.07, 6.45) is 5.26. The van der Waals surface area contributed by atoms with Crippen LogP contribution >= 0.6 is 11.6 Å². The number of hydrogen-bond acceptors (Lipinski definition) is 7. The summed E-state index contributed by atoms with van der Waals surface area (Å²) in [5.41, 5.74) is 0. The summed E-state index contributed by atoms with van der Waals surface area (Å²) in [6.45, 7) is 1.54. The largest absolute Gasteiger partial charge is 0.383 e. The maximum atomic E-state index is 8.75. The molecule has 9 heteroatoms. The monoisotopic (exact) mass is 307 g/mol. The molecule has 0 saturated heterocycles. The van der Waals surface area contributed by atoms with E-state index in [1.165, 1.54) is 0 Å². The zero-order valence-electron chi connectivity index (χ0n) is 11.5. The SMILES string of the molecule is COCCN(CCC#N)c1nc(Cl)nc(-n2ccnc2)n1. The molecule has 0 aromatic carbocycles. The van der Waals surface area contributed by atoms with Gasteiger partial charge in [-0.3, -0.25) is 4.57 Å². The van der Waals surface area contributed by atoms with E-state index >= 15 is 0 Å². The van der Waals surface area contributed by atoms with Crippen LogP contribution in [0.2, 0.25) is 5.28 Å². The van der Waals surface area contributed by atoms with Gasteiger partial charge in [0.2, 0.25) is 17.2 Å². The van der Waals surface area contributed by atoms with Gasteiger partial charge in [0.05, 0.1) is 19.1 Å². The van der Waals surface area contributed by atoms with Gasteiger partial charge < -0.3 is 9.64 Å². The van der Waals surface area contributed by atoms with Crippen LogP contribution in [0.3, 0.4) is 0 Å². The highest BCUT2D eigenvalue weighted by atomic mass is 35.5. The Balaban J connectivity index is 2.29. The Morgan fingerprint density at radius 3 is 2.90 bits per heavy atom. The Morgan fingerprint density at radius 2 is 2.24 bits per heavy atom. The number of hydrogen-bond donors (Lipinski definition) is 0. The minimum atomic E-state index is 0.0862. The van der Waals surface area contributed by atoms with E-state index in [1.807, 2.05) is 4.90 Å². The third kappa shape index (κ3) is 4.11. The predicted octanol–water partition coefficient (Wildman–Crippen LogP) is 1.08. The second-order valence-corrected chi connectivity index (χ2v) is 4.40. The molecule has 2 rings (SSSR count). The summed E-state index contributed by atoms with van der Waals surface area (Å²) in [4.78, 5) is 18.3. The summed E-state index contributed by atoms with van der Waals surface area (Å²) in [5, 5.41) is 8.83. The lowest BCUT2D eigenvalue weighted by Gasteiger charge is -2.21. The topological polar surface area (TPSA) is 92.8 Å². The molecule has 0 fully saturated rings. The van der Waals surface area contributed by atoms with Crippen molar-refractivity contribution < 1.29 is 4.74 Å². The Labute approximate surface area is 127 Å². The quantitative estimate of drug-likeness (QED) is 0.755. The number of imidazole rings is 1. The van der Waals surface area contributed by atoms with Gasteiger partial charge in [0.15, 0.2) is 0 Å². The molecule has 21 heavy (non-hydrogen) atoms. The fourth-order valence-electron chi connectivity index (χ4n) is 1.66. The molecule has 0 aliphatic rings. The summed E-state index contributed by atoms with van der Waals surface area (Å²) < 4.78 is 6.70. The van der Waals surface area contributed by atoms with Crippen molar-refractivity contribution in [1.82, 2.24) is 24.5 Å². The van der Waals surface area contributed by atoms with Crippen molar-refractivity contribution in [1.29, 1.82) is 5.26 Å². The third-order valence-electron chi connectivity index (χ3n) is 2.66. The van der Waals surface area contributed by atoms with Gasteiger partial charge in [-0.15, -0.1) is 0 Å². The first kappa shape index (κ1) is 15.2. The van der Waals surface area contributed by atoms with E-state index in [9.17, 15) is 0 Å². The van der Waals surface area contributed by atoms with E-state index in [0.717, 1.165) is 0 Å². The van der Waals surface area contributed by atoms with Gasteiger partial charge in [-0.05, 0) is 11.6 Å². The van der Waals surface area contributed by atoms with Crippen molar-refractivity contribution in [3.8, 4) is 12.0 Å². The Hall–Kier alpha value is -2.24. The average Bonchev–Trinajstić information content (AvgIpc) is 3.01. The second-order valence-electron chi connectivity index (χ2n) is 4.06. The number of rotatable bonds is 7. The summed E-state index contributed by atoms with van der Waals surface area (Å²) >= 11 is 5.96. The van der Waals surface area contributed by atoms with E-state index in [4.69, 9.17) is 21.6 Å². The highest BCUT2D eigenvalue weighted by molar-refractivity contribution is 6.28. The number of ether oxygens (including phenoxy) is 1. The summed E-state index contributed by atoms with van der Waals surface area (Å²) in [5.74, 6) is 0.785. The maximum absolute atomic E-state index is 8.75. The lowest BCUT2D eigenvalue weighted by molar-refractivity contribution is 0.205. The van der Waals surface area contributed by atoms with Gasteiger partial charge in [-0.25, -0.2) is 4.98 Å². The van der Waals surface area contributed by atoms with E-state index in [0.29, 0.717) is 38.0 Å². The first-order valence-electron chi connectivity index (χ1n) is 6.25. The standard InChI is InChI=1S/C12H14ClN7O/c1-21-8-7-19(5-2-3-14)11-16-10(13)17-12(18-11)20-6-4-15-9-20/h4,6,9H,2,5,7-8H2,1H3. The van der Waals surface area contributed by atoms with Crippen molar-refractivity contribution in [2.24, 2.45) is 0 Å². The number of halogens is 1. The molecule has 0 amide bonds. The Morgan fingerprint density at radius 1 is 1.38 bits per heavy atom. The molecular formula is C12H14ClN7O. The second kappa shape index (κ2) is 7.52.